The molecule has 0 saturated carbocycles. The second-order valence-electron chi connectivity index (χ2n) is 4.19. The van der Waals surface area contributed by atoms with Gasteiger partial charge in [-0.25, -0.2) is 9.97 Å². The number of ether oxygens (including phenoxy) is 1. The van der Waals surface area contributed by atoms with Crippen molar-refractivity contribution in [2.45, 2.75) is 26.1 Å². The maximum Gasteiger partial charge on any atom is 0.573 e. The molecule has 1 aromatic carbocycles. The summed E-state index contributed by atoms with van der Waals surface area (Å²) in [5, 5.41) is 0. The number of hydrogen-bond acceptors (Lipinski definition) is 3. The van der Waals surface area contributed by atoms with Crippen molar-refractivity contribution in [3.05, 3.63) is 42.4 Å². The highest BCUT2D eigenvalue weighted by Crippen LogP contribution is 2.34. The predicted molar refractivity (Wildman–Crippen MR) is 68.1 cm³/mol. The first-order chi connectivity index (χ1) is 9.51. The molecule has 0 unspecified atom stereocenters. The summed E-state index contributed by atoms with van der Waals surface area (Å²) in [5.74, 6) is -0.254. The van der Waals surface area contributed by atoms with E-state index >= 15 is 0 Å². The molecular weight excluding hydrogens is 269 g/mol. The van der Waals surface area contributed by atoms with E-state index in [1.807, 2.05) is 6.92 Å². The number of benzene rings is 1. The summed E-state index contributed by atoms with van der Waals surface area (Å²) in [7, 11) is 0. The first-order valence-electron chi connectivity index (χ1n) is 6.15. The van der Waals surface area contributed by atoms with E-state index in [-0.39, 0.29) is 5.75 Å². The molecule has 0 radical (unpaired) electrons. The normalized spacial score (nSPS) is 11.4. The third-order valence-electron chi connectivity index (χ3n) is 2.68. The summed E-state index contributed by atoms with van der Waals surface area (Å²) in [6.45, 7) is 1.98. The van der Waals surface area contributed by atoms with Gasteiger partial charge in [-0.3, -0.25) is 0 Å². The Morgan fingerprint density at radius 3 is 2.65 bits per heavy atom. The lowest BCUT2D eigenvalue weighted by molar-refractivity contribution is -0.274. The van der Waals surface area contributed by atoms with Crippen LogP contribution in [0.3, 0.4) is 0 Å². The molecule has 0 saturated heterocycles. The molecule has 0 spiro atoms. The van der Waals surface area contributed by atoms with Gasteiger partial charge in [0.15, 0.2) is 0 Å². The smallest absolute Gasteiger partial charge is 0.405 e. The minimum atomic E-state index is -4.73. The lowest BCUT2D eigenvalue weighted by Gasteiger charge is -2.14. The number of aryl methyl sites for hydroxylation is 1. The van der Waals surface area contributed by atoms with Crippen molar-refractivity contribution >= 4 is 0 Å². The zero-order chi connectivity index (χ0) is 14.6. The van der Waals surface area contributed by atoms with Crippen LogP contribution in [0.15, 0.2) is 36.8 Å². The lowest BCUT2D eigenvalue weighted by Crippen LogP contribution is -2.17. The van der Waals surface area contributed by atoms with Crippen molar-refractivity contribution in [2.75, 3.05) is 0 Å². The number of hydrogen-bond donors (Lipinski definition) is 0. The zero-order valence-electron chi connectivity index (χ0n) is 10.8. The van der Waals surface area contributed by atoms with E-state index in [0.29, 0.717) is 17.7 Å². The van der Waals surface area contributed by atoms with Crippen LogP contribution in [0.25, 0.3) is 11.3 Å². The fourth-order valence-corrected chi connectivity index (χ4v) is 1.93. The summed E-state index contributed by atoms with van der Waals surface area (Å²) in [4.78, 5) is 8.02. The fourth-order valence-electron chi connectivity index (χ4n) is 1.93. The van der Waals surface area contributed by atoms with Gasteiger partial charge in [-0.2, -0.15) is 0 Å². The number of aromatic nitrogens is 2. The van der Waals surface area contributed by atoms with Crippen LogP contribution >= 0.6 is 0 Å². The second-order valence-corrected chi connectivity index (χ2v) is 4.19. The van der Waals surface area contributed by atoms with Crippen molar-refractivity contribution in [1.82, 2.24) is 9.97 Å². The molecule has 0 aliphatic rings. The highest BCUT2D eigenvalue weighted by molar-refractivity contribution is 5.69. The number of nitrogens with zero attached hydrogens (tertiary/aromatic N) is 2. The number of halogens is 3. The molecule has 0 aliphatic heterocycles. The topological polar surface area (TPSA) is 35.0 Å². The maximum atomic E-state index is 12.4. The average Bonchev–Trinajstić information content (AvgIpc) is 2.39. The number of alkyl halides is 3. The molecule has 2 rings (SSSR count). The Kier molecular flexibility index (Phi) is 4.22. The van der Waals surface area contributed by atoms with E-state index < -0.39 is 6.36 Å². The predicted octanol–water partition coefficient (Wildman–Crippen LogP) is 3.99. The van der Waals surface area contributed by atoms with Crippen LogP contribution in [0.5, 0.6) is 5.75 Å². The molecule has 0 bridgehead atoms. The SMILES string of the molecule is CCCc1cncnc1-c1ccccc1OC(F)(F)F. The second kappa shape index (κ2) is 5.90. The van der Waals surface area contributed by atoms with Crippen LogP contribution in [0, 0.1) is 0 Å². The van der Waals surface area contributed by atoms with Gasteiger partial charge in [0.1, 0.15) is 12.1 Å². The lowest BCUT2D eigenvalue weighted by atomic mass is 10.0. The fraction of sp³-hybridized carbons (Fsp3) is 0.286. The van der Waals surface area contributed by atoms with E-state index in [1.165, 1.54) is 18.5 Å². The first kappa shape index (κ1) is 14.3. The standard InChI is InChI=1S/C14H13F3N2O/c1-2-5-10-8-18-9-19-13(10)11-6-3-4-7-12(11)20-14(15,16)17/h3-4,6-9H,2,5H2,1H3. The third kappa shape index (κ3) is 3.46. The van der Waals surface area contributed by atoms with Crippen molar-refractivity contribution in [1.29, 1.82) is 0 Å². The van der Waals surface area contributed by atoms with Gasteiger partial charge in [-0.1, -0.05) is 25.5 Å². The van der Waals surface area contributed by atoms with Gasteiger partial charge in [0.25, 0.3) is 0 Å². The highest BCUT2D eigenvalue weighted by atomic mass is 19.4. The molecule has 20 heavy (non-hydrogen) atoms. The van der Waals surface area contributed by atoms with Gasteiger partial charge in [-0.15, -0.1) is 13.2 Å². The summed E-state index contributed by atoms with van der Waals surface area (Å²) in [5.41, 5.74) is 1.59. The summed E-state index contributed by atoms with van der Waals surface area (Å²) in [6.07, 6.45) is -0.248. The summed E-state index contributed by atoms with van der Waals surface area (Å²) in [6, 6.07) is 5.98. The maximum absolute atomic E-state index is 12.4. The number of rotatable bonds is 4. The molecule has 3 nitrogen and oxygen atoms in total. The Morgan fingerprint density at radius 1 is 1.20 bits per heavy atom. The van der Waals surface area contributed by atoms with Crippen molar-refractivity contribution in [3.8, 4) is 17.0 Å². The van der Waals surface area contributed by atoms with E-state index in [0.717, 1.165) is 12.0 Å². The Hall–Kier alpha value is -2.11. The minimum Gasteiger partial charge on any atom is -0.405 e. The molecular formula is C14H13F3N2O. The number of para-hydroxylation sites is 1. The Morgan fingerprint density at radius 2 is 1.95 bits per heavy atom. The minimum absolute atomic E-state index is 0.254. The average molecular weight is 282 g/mol. The monoisotopic (exact) mass is 282 g/mol. The van der Waals surface area contributed by atoms with Crippen LogP contribution in [-0.4, -0.2) is 16.3 Å². The quantitative estimate of drug-likeness (QED) is 0.850. The molecule has 6 heteroatoms. The van der Waals surface area contributed by atoms with Crippen molar-refractivity contribution < 1.29 is 17.9 Å². The summed E-state index contributed by atoms with van der Waals surface area (Å²) < 4.78 is 41.4. The van der Waals surface area contributed by atoms with Gasteiger partial charge >= 0.3 is 6.36 Å². The van der Waals surface area contributed by atoms with Gasteiger partial charge in [0.05, 0.1) is 5.69 Å². The van der Waals surface area contributed by atoms with Gasteiger partial charge in [0.2, 0.25) is 0 Å². The Bertz CT molecular complexity index is 585. The zero-order valence-corrected chi connectivity index (χ0v) is 10.8. The van der Waals surface area contributed by atoms with Crippen LogP contribution in [0.4, 0.5) is 13.2 Å². The van der Waals surface area contributed by atoms with Crippen molar-refractivity contribution in [2.24, 2.45) is 0 Å². The van der Waals surface area contributed by atoms with Crippen LogP contribution < -0.4 is 4.74 Å². The Labute approximate surface area is 114 Å². The molecule has 0 aliphatic carbocycles. The first-order valence-corrected chi connectivity index (χ1v) is 6.15. The molecule has 1 aromatic heterocycles. The highest BCUT2D eigenvalue weighted by Gasteiger charge is 2.32. The van der Waals surface area contributed by atoms with Gasteiger partial charge < -0.3 is 4.74 Å². The van der Waals surface area contributed by atoms with Crippen LogP contribution in [0.1, 0.15) is 18.9 Å². The van der Waals surface area contributed by atoms with E-state index in [2.05, 4.69) is 14.7 Å². The molecule has 0 amide bonds. The third-order valence-corrected chi connectivity index (χ3v) is 2.68. The van der Waals surface area contributed by atoms with E-state index in [4.69, 9.17) is 0 Å². The van der Waals surface area contributed by atoms with E-state index in [9.17, 15) is 13.2 Å². The van der Waals surface area contributed by atoms with Crippen molar-refractivity contribution in [3.63, 3.8) is 0 Å². The molecule has 0 atom stereocenters. The molecule has 0 N–H and O–H groups in total. The van der Waals surface area contributed by atoms with E-state index in [1.54, 1.807) is 18.3 Å². The molecule has 0 fully saturated rings. The Balaban J connectivity index is 2.48. The van der Waals surface area contributed by atoms with Crippen LogP contribution in [-0.2, 0) is 6.42 Å². The molecule has 106 valence electrons. The molecule has 2 aromatic rings. The van der Waals surface area contributed by atoms with Crippen LogP contribution in [0.2, 0.25) is 0 Å². The largest absolute Gasteiger partial charge is 0.573 e. The van der Waals surface area contributed by atoms with Gasteiger partial charge in [0, 0.05) is 11.8 Å². The summed E-state index contributed by atoms with van der Waals surface area (Å²) >= 11 is 0. The molecule has 1 heterocycles. The van der Waals surface area contributed by atoms with Gasteiger partial charge in [-0.05, 0) is 24.1 Å².